The first-order valence-corrected chi connectivity index (χ1v) is 3.82. The Labute approximate surface area is 76.3 Å². The average molecular weight is 178 g/mol. The molecule has 1 rings (SSSR count). The maximum absolute atomic E-state index is 10.2. The van der Waals surface area contributed by atoms with Gasteiger partial charge in [0.1, 0.15) is 11.5 Å². The van der Waals surface area contributed by atoms with Gasteiger partial charge in [0, 0.05) is 0 Å². The van der Waals surface area contributed by atoms with Crippen molar-refractivity contribution in [1.82, 2.24) is 0 Å². The summed E-state index contributed by atoms with van der Waals surface area (Å²) in [5.74, 6) is -0.00960. The van der Waals surface area contributed by atoms with E-state index in [4.69, 9.17) is 9.84 Å². The third-order valence-electron chi connectivity index (χ3n) is 1.35. The molecular formula is C10H10O3. The fourth-order valence-corrected chi connectivity index (χ4v) is 0.878. The van der Waals surface area contributed by atoms with Crippen LogP contribution in [-0.2, 0) is 4.79 Å². The SMILES string of the molecule is C/C(=C\C(=O)O)Oc1ccccc1. The molecule has 1 aromatic carbocycles. The molecule has 0 amide bonds. The van der Waals surface area contributed by atoms with Gasteiger partial charge in [-0.05, 0) is 19.1 Å². The van der Waals surface area contributed by atoms with Gasteiger partial charge in [0.05, 0.1) is 6.08 Å². The molecule has 13 heavy (non-hydrogen) atoms. The van der Waals surface area contributed by atoms with Crippen molar-refractivity contribution in [3.8, 4) is 5.75 Å². The van der Waals surface area contributed by atoms with E-state index in [0.29, 0.717) is 11.5 Å². The highest BCUT2D eigenvalue weighted by Gasteiger charge is 1.96. The summed E-state index contributed by atoms with van der Waals surface area (Å²) in [6.07, 6.45) is 1.02. The molecule has 0 radical (unpaired) electrons. The van der Waals surface area contributed by atoms with Gasteiger partial charge in [-0.25, -0.2) is 4.79 Å². The fourth-order valence-electron chi connectivity index (χ4n) is 0.878. The van der Waals surface area contributed by atoms with Crippen molar-refractivity contribution < 1.29 is 14.6 Å². The summed E-state index contributed by atoms with van der Waals surface area (Å²) >= 11 is 0. The number of carboxylic acids is 1. The normalized spacial score (nSPS) is 11.0. The highest BCUT2D eigenvalue weighted by atomic mass is 16.5. The van der Waals surface area contributed by atoms with Gasteiger partial charge in [-0.3, -0.25) is 0 Å². The summed E-state index contributed by atoms with van der Waals surface area (Å²) < 4.78 is 5.21. The lowest BCUT2D eigenvalue weighted by molar-refractivity contribution is -0.131. The number of hydrogen-bond donors (Lipinski definition) is 1. The van der Waals surface area contributed by atoms with Gasteiger partial charge in [0.2, 0.25) is 0 Å². The van der Waals surface area contributed by atoms with E-state index in [0.717, 1.165) is 6.08 Å². The number of allylic oxidation sites excluding steroid dienone is 1. The zero-order valence-corrected chi connectivity index (χ0v) is 7.23. The van der Waals surface area contributed by atoms with Crippen molar-refractivity contribution in [1.29, 1.82) is 0 Å². The molecule has 1 aromatic rings. The molecule has 0 bridgehead atoms. The Bertz CT molecular complexity index is 314. The summed E-state index contributed by atoms with van der Waals surface area (Å²) in [5.41, 5.74) is 0. The second-order valence-electron chi connectivity index (χ2n) is 2.51. The number of hydrogen-bond acceptors (Lipinski definition) is 2. The molecule has 3 heteroatoms. The number of rotatable bonds is 3. The molecule has 0 heterocycles. The third-order valence-corrected chi connectivity index (χ3v) is 1.35. The molecular weight excluding hydrogens is 168 g/mol. The Morgan fingerprint density at radius 3 is 2.54 bits per heavy atom. The number of ether oxygens (including phenoxy) is 1. The van der Waals surface area contributed by atoms with Crippen LogP contribution in [-0.4, -0.2) is 11.1 Å². The second kappa shape index (κ2) is 4.30. The number of benzene rings is 1. The maximum Gasteiger partial charge on any atom is 0.331 e. The number of para-hydroxylation sites is 1. The summed E-state index contributed by atoms with van der Waals surface area (Å²) in [5, 5.41) is 8.41. The van der Waals surface area contributed by atoms with Gasteiger partial charge in [0.25, 0.3) is 0 Å². The monoisotopic (exact) mass is 178 g/mol. The molecule has 0 atom stereocenters. The highest BCUT2D eigenvalue weighted by molar-refractivity contribution is 5.80. The topological polar surface area (TPSA) is 46.5 Å². The van der Waals surface area contributed by atoms with Crippen LogP contribution in [0.2, 0.25) is 0 Å². The minimum Gasteiger partial charge on any atom is -0.478 e. The lowest BCUT2D eigenvalue weighted by atomic mass is 10.3. The van der Waals surface area contributed by atoms with E-state index in [1.807, 2.05) is 18.2 Å². The predicted molar refractivity (Wildman–Crippen MR) is 48.5 cm³/mol. The quantitative estimate of drug-likeness (QED) is 0.569. The van der Waals surface area contributed by atoms with Crippen molar-refractivity contribution in [3.63, 3.8) is 0 Å². The smallest absolute Gasteiger partial charge is 0.331 e. The minimum atomic E-state index is -1.01. The van der Waals surface area contributed by atoms with Crippen LogP contribution in [0.3, 0.4) is 0 Å². The van der Waals surface area contributed by atoms with Crippen LogP contribution in [0.25, 0.3) is 0 Å². The Morgan fingerprint density at radius 1 is 1.38 bits per heavy atom. The van der Waals surface area contributed by atoms with Crippen molar-refractivity contribution in [2.24, 2.45) is 0 Å². The van der Waals surface area contributed by atoms with Gasteiger partial charge in [0.15, 0.2) is 0 Å². The molecule has 0 aliphatic heterocycles. The number of carboxylic acid groups (broad SMARTS) is 1. The maximum atomic E-state index is 10.2. The Balaban J connectivity index is 2.65. The van der Waals surface area contributed by atoms with Crippen LogP contribution < -0.4 is 4.74 Å². The summed E-state index contributed by atoms with van der Waals surface area (Å²) in [7, 11) is 0. The van der Waals surface area contributed by atoms with Gasteiger partial charge in [-0.1, -0.05) is 18.2 Å². The molecule has 0 saturated carbocycles. The van der Waals surface area contributed by atoms with E-state index in [-0.39, 0.29) is 0 Å². The largest absolute Gasteiger partial charge is 0.478 e. The van der Waals surface area contributed by atoms with Crippen LogP contribution in [0.15, 0.2) is 42.2 Å². The number of carbonyl (C=O) groups is 1. The lowest BCUT2D eigenvalue weighted by Crippen LogP contribution is -1.95. The fraction of sp³-hybridized carbons (Fsp3) is 0.100. The molecule has 0 fully saturated rings. The second-order valence-corrected chi connectivity index (χ2v) is 2.51. The van der Waals surface area contributed by atoms with Crippen molar-refractivity contribution in [2.45, 2.75) is 6.92 Å². The van der Waals surface area contributed by atoms with E-state index in [1.54, 1.807) is 19.1 Å². The molecule has 0 spiro atoms. The highest BCUT2D eigenvalue weighted by Crippen LogP contribution is 2.11. The van der Waals surface area contributed by atoms with Gasteiger partial charge >= 0.3 is 5.97 Å². The Morgan fingerprint density at radius 2 is 2.00 bits per heavy atom. The summed E-state index contributed by atoms with van der Waals surface area (Å²) in [6.45, 7) is 1.60. The molecule has 0 aliphatic carbocycles. The van der Waals surface area contributed by atoms with Gasteiger partial charge in [-0.2, -0.15) is 0 Å². The zero-order chi connectivity index (χ0) is 9.68. The van der Waals surface area contributed by atoms with Crippen LogP contribution in [0, 0.1) is 0 Å². The Kier molecular flexibility index (Phi) is 3.09. The van der Waals surface area contributed by atoms with E-state index in [9.17, 15) is 4.79 Å². The number of aliphatic carboxylic acids is 1. The predicted octanol–water partition coefficient (Wildman–Crippen LogP) is 2.05. The molecule has 0 unspecified atom stereocenters. The molecule has 3 nitrogen and oxygen atoms in total. The minimum absolute atomic E-state index is 0.360. The van der Waals surface area contributed by atoms with Crippen molar-refractivity contribution in [2.75, 3.05) is 0 Å². The van der Waals surface area contributed by atoms with E-state index >= 15 is 0 Å². The van der Waals surface area contributed by atoms with Crippen LogP contribution in [0.4, 0.5) is 0 Å². The summed E-state index contributed by atoms with van der Waals surface area (Å²) in [4.78, 5) is 10.2. The van der Waals surface area contributed by atoms with Crippen LogP contribution in [0.1, 0.15) is 6.92 Å². The lowest BCUT2D eigenvalue weighted by Gasteiger charge is -2.03. The summed E-state index contributed by atoms with van der Waals surface area (Å²) in [6, 6.07) is 9.04. The van der Waals surface area contributed by atoms with Crippen LogP contribution >= 0.6 is 0 Å². The van der Waals surface area contributed by atoms with Gasteiger partial charge < -0.3 is 9.84 Å². The first-order valence-electron chi connectivity index (χ1n) is 3.82. The Hall–Kier alpha value is -1.77. The van der Waals surface area contributed by atoms with Gasteiger partial charge in [-0.15, -0.1) is 0 Å². The first kappa shape index (κ1) is 9.32. The molecule has 0 saturated heterocycles. The molecule has 0 aliphatic rings. The van der Waals surface area contributed by atoms with E-state index in [2.05, 4.69) is 0 Å². The van der Waals surface area contributed by atoms with E-state index in [1.165, 1.54) is 0 Å². The molecule has 68 valence electrons. The van der Waals surface area contributed by atoms with E-state index < -0.39 is 5.97 Å². The molecule has 0 aromatic heterocycles. The first-order chi connectivity index (χ1) is 6.18. The van der Waals surface area contributed by atoms with Crippen LogP contribution in [0.5, 0.6) is 5.75 Å². The molecule has 1 N–H and O–H groups in total. The zero-order valence-electron chi connectivity index (χ0n) is 7.23. The average Bonchev–Trinajstić information content (AvgIpc) is 2.04. The third kappa shape index (κ3) is 3.42. The van der Waals surface area contributed by atoms with Crippen molar-refractivity contribution in [3.05, 3.63) is 42.2 Å². The van der Waals surface area contributed by atoms with Crippen molar-refractivity contribution >= 4 is 5.97 Å². The standard InChI is InChI=1S/C10H10O3/c1-8(7-10(11)12)13-9-5-3-2-4-6-9/h2-7H,1H3,(H,11,12)/b8-7+.